The van der Waals surface area contributed by atoms with Crippen LogP contribution in [0.25, 0.3) is 0 Å². The summed E-state index contributed by atoms with van der Waals surface area (Å²) in [5.74, 6) is 0.689. The van der Waals surface area contributed by atoms with Crippen LogP contribution in [0.5, 0.6) is 0 Å². The number of hydrogen-bond acceptors (Lipinski definition) is 2. The highest BCUT2D eigenvalue weighted by atomic mass is 16.3. The van der Waals surface area contributed by atoms with Gasteiger partial charge in [0.1, 0.15) is 0 Å². The standard InChI is InChI=1S/C11H21N3O/c12-11(13-9-7-10(15)8-9)14-5-3-1-2-4-6-14/h9-10,15H,1-8H2,(H2,12,13). The zero-order chi connectivity index (χ0) is 10.7. The van der Waals surface area contributed by atoms with Crippen LogP contribution in [-0.2, 0) is 0 Å². The predicted molar refractivity (Wildman–Crippen MR) is 60.7 cm³/mol. The van der Waals surface area contributed by atoms with E-state index in [1.165, 1.54) is 25.7 Å². The Morgan fingerprint density at radius 3 is 2.27 bits per heavy atom. The zero-order valence-electron chi connectivity index (χ0n) is 9.23. The third kappa shape index (κ3) is 2.84. The van der Waals surface area contributed by atoms with E-state index in [0.29, 0.717) is 5.96 Å². The molecule has 86 valence electrons. The Bertz CT molecular complexity index is 228. The Hall–Kier alpha value is -0.770. The summed E-state index contributed by atoms with van der Waals surface area (Å²) in [6.45, 7) is 2.09. The molecule has 1 heterocycles. The van der Waals surface area contributed by atoms with Crippen LogP contribution >= 0.6 is 0 Å². The number of guanidine groups is 1. The molecule has 4 heteroatoms. The highest BCUT2D eigenvalue weighted by Crippen LogP contribution is 2.23. The molecule has 1 saturated carbocycles. The number of aliphatic hydroxyl groups is 1. The summed E-state index contributed by atoms with van der Waals surface area (Å²) in [6, 6.07) is 0.267. The molecule has 1 aliphatic carbocycles. The molecule has 0 unspecified atom stereocenters. The van der Waals surface area contributed by atoms with Crippen molar-refractivity contribution in [3.63, 3.8) is 0 Å². The zero-order valence-corrected chi connectivity index (χ0v) is 9.23. The van der Waals surface area contributed by atoms with Gasteiger partial charge in [0, 0.05) is 13.1 Å². The van der Waals surface area contributed by atoms with Crippen molar-refractivity contribution in [2.45, 2.75) is 50.7 Å². The molecule has 3 N–H and O–H groups in total. The molecule has 0 spiro atoms. The van der Waals surface area contributed by atoms with E-state index in [4.69, 9.17) is 10.8 Å². The number of hydrogen-bond donors (Lipinski definition) is 2. The molecule has 2 rings (SSSR count). The molecular weight excluding hydrogens is 190 g/mol. The van der Waals surface area contributed by atoms with Crippen LogP contribution in [0.4, 0.5) is 0 Å². The van der Waals surface area contributed by atoms with Crippen LogP contribution < -0.4 is 5.73 Å². The van der Waals surface area contributed by atoms with E-state index in [9.17, 15) is 0 Å². The van der Waals surface area contributed by atoms with E-state index in [-0.39, 0.29) is 12.1 Å². The molecule has 0 aromatic carbocycles. The molecule has 0 aromatic heterocycles. The molecule has 0 aromatic rings. The molecule has 1 aliphatic heterocycles. The highest BCUT2D eigenvalue weighted by molar-refractivity contribution is 5.78. The van der Waals surface area contributed by atoms with Crippen LogP contribution in [-0.4, -0.2) is 41.2 Å². The summed E-state index contributed by atoms with van der Waals surface area (Å²) >= 11 is 0. The maximum absolute atomic E-state index is 9.16. The summed E-state index contributed by atoms with van der Waals surface area (Å²) in [6.07, 6.45) is 6.50. The van der Waals surface area contributed by atoms with Crippen LogP contribution in [0.2, 0.25) is 0 Å². The SMILES string of the molecule is NC(=NC1CC(O)C1)N1CCCCCC1. The molecule has 1 saturated heterocycles. The quantitative estimate of drug-likeness (QED) is 0.496. The minimum atomic E-state index is -0.143. The number of likely N-dealkylation sites (tertiary alicyclic amines) is 1. The summed E-state index contributed by atoms with van der Waals surface area (Å²) in [4.78, 5) is 6.65. The fraction of sp³-hybridized carbons (Fsp3) is 0.909. The summed E-state index contributed by atoms with van der Waals surface area (Å²) in [7, 11) is 0. The predicted octanol–water partition coefficient (Wildman–Crippen LogP) is 0.700. The van der Waals surface area contributed by atoms with Crippen LogP contribution in [0.3, 0.4) is 0 Å². The van der Waals surface area contributed by atoms with Crippen molar-refractivity contribution < 1.29 is 5.11 Å². The lowest BCUT2D eigenvalue weighted by Gasteiger charge is -2.30. The molecule has 15 heavy (non-hydrogen) atoms. The second kappa shape index (κ2) is 4.84. The molecule has 0 radical (unpaired) electrons. The first-order chi connectivity index (χ1) is 7.25. The maximum Gasteiger partial charge on any atom is 0.191 e. The topological polar surface area (TPSA) is 61.9 Å². The van der Waals surface area contributed by atoms with Gasteiger partial charge >= 0.3 is 0 Å². The van der Waals surface area contributed by atoms with Gasteiger partial charge < -0.3 is 15.7 Å². The second-order valence-electron chi connectivity index (χ2n) is 4.67. The number of nitrogens with two attached hydrogens (primary N) is 1. The molecule has 0 atom stereocenters. The Morgan fingerprint density at radius 2 is 1.73 bits per heavy atom. The third-order valence-electron chi connectivity index (χ3n) is 3.33. The lowest BCUT2D eigenvalue weighted by Crippen LogP contribution is -2.41. The van der Waals surface area contributed by atoms with Gasteiger partial charge in [0.05, 0.1) is 12.1 Å². The van der Waals surface area contributed by atoms with Crippen molar-refractivity contribution >= 4 is 5.96 Å². The van der Waals surface area contributed by atoms with Gasteiger partial charge in [0.15, 0.2) is 5.96 Å². The van der Waals surface area contributed by atoms with Crippen molar-refractivity contribution in [2.24, 2.45) is 10.7 Å². The van der Waals surface area contributed by atoms with Gasteiger partial charge in [-0.05, 0) is 25.7 Å². The number of aliphatic imine (C=N–C) groups is 1. The van der Waals surface area contributed by atoms with Gasteiger partial charge in [-0.2, -0.15) is 0 Å². The Labute approximate surface area is 91.2 Å². The van der Waals surface area contributed by atoms with Gasteiger partial charge in [0.25, 0.3) is 0 Å². The number of aliphatic hydroxyl groups excluding tert-OH is 1. The molecule has 2 aliphatic rings. The van der Waals surface area contributed by atoms with Crippen LogP contribution in [0.1, 0.15) is 38.5 Å². The third-order valence-corrected chi connectivity index (χ3v) is 3.33. The molecular formula is C11H21N3O. The summed E-state index contributed by atoms with van der Waals surface area (Å²) < 4.78 is 0. The summed E-state index contributed by atoms with van der Waals surface area (Å²) in [5.41, 5.74) is 5.97. The fourth-order valence-electron chi connectivity index (χ4n) is 2.23. The lowest BCUT2D eigenvalue weighted by molar-refractivity contribution is 0.0773. The van der Waals surface area contributed by atoms with Gasteiger partial charge in [-0.15, -0.1) is 0 Å². The minimum Gasteiger partial charge on any atom is -0.393 e. The van der Waals surface area contributed by atoms with Crippen molar-refractivity contribution in [1.82, 2.24) is 4.90 Å². The normalized spacial score (nSPS) is 33.4. The average molecular weight is 211 g/mol. The van der Waals surface area contributed by atoms with E-state index >= 15 is 0 Å². The second-order valence-corrected chi connectivity index (χ2v) is 4.67. The first-order valence-corrected chi connectivity index (χ1v) is 6.02. The first-order valence-electron chi connectivity index (χ1n) is 6.02. The van der Waals surface area contributed by atoms with E-state index in [1.54, 1.807) is 0 Å². The Kier molecular flexibility index (Phi) is 3.46. The number of rotatable bonds is 1. The van der Waals surface area contributed by atoms with Crippen LogP contribution in [0, 0.1) is 0 Å². The summed E-state index contributed by atoms with van der Waals surface area (Å²) in [5, 5.41) is 9.16. The molecule has 0 bridgehead atoms. The van der Waals surface area contributed by atoms with Gasteiger partial charge in [-0.25, -0.2) is 4.99 Å². The fourth-order valence-corrected chi connectivity index (χ4v) is 2.23. The smallest absolute Gasteiger partial charge is 0.191 e. The van der Waals surface area contributed by atoms with Crippen molar-refractivity contribution in [3.05, 3.63) is 0 Å². The van der Waals surface area contributed by atoms with E-state index < -0.39 is 0 Å². The molecule has 0 amide bonds. The maximum atomic E-state index is 9.16. The van der Waals surface area contributed by atoms with Crippen molar-refractivity contribution in [3.8, 4) is 0 Å². The first kappa shape index (κ1) is 10.7. The largest absolute Gasteiger partial charge is 0.393 e. The minimum absolute atomic E-state index is 0.143. The van der Waals surface area contributed by atoms with Crippen LogP contribution in [0.15, 0.2) is 4.99 Å². The van der Waals surface area contributed by atoms with Crippen molar-refractivity contribution in [2.75, 3.05) is 13.1 Å². The van der Waals surface area contributed by atoms with Gasteiger partial charge in [-0.1, -0.05) is 12.8 Å². The van der Waals surface area contributed by atoms with E-state index in [0.717, 1.165) is 25.9 Å². The number of nitrogens with zero attached hydrogens (tertiary/aromatic N) is 2. The Morgan fingerprint density at radius 1 is 1.13 bits per heavy atom. The van der Waals surface area contributed by atoms with Gasteiger partial charge in [-0.3, -0.25) is 0 Å². The average Bonchev–Trinajstić information content (AvgIpc) is 2.43. The molecule has 4 nitrogen and oxygen atoms in total. The monoisotopic (exact) mass is 211 g/mol. The Balaban J connectivity index is 1.85. The van der Waals surface area contributed by atoms with E-state index in [2.05, 4.69) is 9.89 Å². The van der Waals surface area contributed by atoms with E-state index in [1.807, 2.05) is 0 Å². The lowest BCUT2D eigenvalue weighted by atomic mass is 9.90. The highest BCUT2D eigenvalue weighted by Gasteiger charge is 2.27. The molecule has 2 fully saturated rings. The van der Waals surface area contributed by atoms with Gasteiger partial charge in [0.2, 0.25) is 0 Å². The van der Waals surface area contributed by atoms with Crippen molar-refractivity contribution in [1.29, 1.82) is 0 Å².